The minimum atomic E-state index is 0.182. The van der Waals surface area contributed by atoms with E-state index >= 15 is 0 Å². The van der Waals surface area contributed by atoms with Crippen LogP contribution >= 0.6 is 0 Å². The van der Waals surface area contributed by atoms with Gasteiger partial charge in [-0.15, -0.1) is 0 Å². The highest BCUT2D eigenvalue weighted by Crippen LogP contribution is 2.45. The highest BCUT2D eigenvalue weighted by Gasteiger charge is 2.50. The normalized spacial score (nSPS) is 34.4. The van der Waals surface area contributed by atoms with Crippen LogP contribution in [0.1, 0.15) is 46.5 Å². The minimum absolute atomic E-state index is 0.182. The van der Waals surface area contributed by atoms with Gasteiger partial charge < -0.3 is 15.0 Å². The van der Waals surface area contributed by atoms with Crippen LogP contribution < -0.4 is 5.32 Å². The molecule has 3 unspecified atom stereocenters. The van der Waals surface area contributed by atoms with Crippen LogP contribution in [0.4, 0.5) is 0 Å². The van der Waals surface area contributed by atoms with E-state index < -0.39 is 0 Å². The van der Waals surface area contributed by atoms with Gasteiger partial charge in [0.1, 0.15) is 0 Å². The van der Waals surface area contributed by atoms with Crippen LogP contribution in [0.25, 0.3) is 0 Å². The third-order valence-electron chi connectivity index (χ3n) is 5.07. The first-order valence-corrected chi connectivity index (χ1v) is 7.74. The summed E-state index contributed by atoms with van der Waals surface area (Å²) in [4.78, 5) is 14.0. The lowest BCUT2D eigenvalue weighted by atomic mass is 9.61. The second-order valence-electron chi connectivity index (χ2n) is 6.06. The molecule has 0 aromatic carbocycles. The fraction of sp³-hybridized carbons (Fsp3) is 0.933. The van der Waals surface area contributed by atoms with Crippen molar-refractivity contribution in [2.24, 2.45) is 5.41 Å². The molecule has 110 valence electrons. The van der Waals surface area contributed by atoms with E-state index in [2.05, 4.69) is 19.2 Å². The van der Waals surface area contributed by atoms with E-state index in [1.54, 1.807) is 0 Å². The molecule has 2 fully saturated rings. The van der Waals surface area contributed by atoms with Crippen molar-refractivity contribution in [3.8, 4) is 0 Å². The number of nitrogens with zero attached hydrogens (tertiary/aromatic N) is 1. The molecular formula is C15H28N2O2. The number of amides is 1. The van der Waals surface area contributed by atoms with Crippen LogP contribution in [0.15, 0.2) is 0 Å². The molecule has 4 nitrogen and oxygen atoms in total. The minimum Gasteiger partial charge on any atom is -0.378 e. The van der Waals surface area contributed by atoms with Crippen molar-refractivity contribution in [2.45, 2.75) is 58.6 Å². The van der Waals surface area contributed by atoms with Crippen molar-refractivity contribution in [3.63, 3.8) is 0 Å². The van der Waals surface area contributed by atoms with Crippen molar-refractivity contribution in [1.29, 1.82) is 0 Å². The Balaban J connectivity index is 1.78. The van der Waals surface area contributed by atoms with Crippen LogP contribution in [-0.4, -0.2) is 49.2 Å². The second-order valence-corrected chi connectivity index (χ2v) is 6.06. The summed E-state index contributed by atoms with van der Waals surface area (Å²) in [6, 6.07) is 0.417. The van der Waals surface area contributed by atoms with Crippen molar-refractivity contribution in [2.75, 3.05) is 26.2 Å². The molecular weight excluding hydrogens is 240 g/mol. The molecule has 0 aromatic rings. The van der Waals surface area contributed by atoms with E-state index in [-0.39, 0.29) is 11.3 Å². The summed E-state index contributed by atoms with van der Waals surface area (Å²) in [5.74, 6) is 0.260. The van der Waals surface area contributed by atoms with Gasteiger partial charge in [0.15, 0.2) is 0 Å². The Morgan fingerprint density at radius 2 is 2.05 bits per heavy atom. The van der Waals surface area contributed by atoms with Gasteiger partial charge in [-0.2, -0.15) is 0 Å². The van der Waals surface area contributed by atoms with Crippen LogP contribution in [0, 0.1) is 5.41 Å². The Morgan fingerprint density at radius 1 is 1.37 bits per heavy atom. The molecule has 1 saturated carbocycles. The van der Waals surface area contributed by atoms with Crippen molar-refractivity contribution < 1.29 is 9.53 Å². The van der Waals surface area contributed by atoms with Crippen LogP contribution in [0.3, 0.4) is 0 Å². The quantitative estimate of drug-likeness (QED) is 0.798. The van der Waals surface area contributed by atoms with Gasteiger partial charge in [0, 0.05) is 31.2 Å². The van der Waals surface area contributed by atoms with Crippen molar-refractivity contribution in [3.05, 3.63) is 0 Å². The molecule has 2 aliphatic rings. The summed E-state index contributed by atoms with van der Waals surface area (Å²) < 4.78 is 5.79. The molecule has 1 amide bonds. The maximum atomic E-state index is 12.0. The Hall–Kier alpha value is -0.610. The number of ether oxygens (including phenoxy) is 1. The molecule has 1 saturated heterocycles. The molecule has 19 heavy (non-hydrogen) atoms. The molecule has 2 rings (SSSR count). The molecule has 1 aliphatic carbocycles. The Kier molecular flexibility index (Phi) is 4.85. The van der Waals surface area contributed by atoms with Crippen molar-refractivity contribution >= 4 is 5.91 Å². The average Bonchev–Trinajstić information content (AvgIpc) is 2.94. The highest BCUT2D eigenvalue weighted by molar-refractivity contribution is 5.78. The standard InChI is InChI=1S/C15H28N2O2/c1-4-15(3)12(10-13(15)19-5-2)16-11-14(18)17-8-6-7-9-17/h12-13,16H,4-11H2,1-3H3. The molecule has 0 radical (unpaired) electrons. The van der Waals surface area contributed by atoms with Crippen LogP contribution in [0.5, 0.6) is 0 Å². The number of carbonyl (C=O) groups excluding carboxylic acids is 1. The summed E-state index contributed by atoms with van der Waals surface area (Å²) in [6.07, 6.45) is 4.79. The van der Waals surface area contributed by atoms with E-state index in [9.17, 15) is 4.79 Å². The fourth-order valence-electron chi connectivity index (χ4n) is 3.36. The fourth-order valence-corrected chi connectivity index (χ4v) is 3.36. The predicted molar refractivity (Wildman–Crippen MR) is 76.0 cm³/mol. The third-order valence-corrected chi connectivity index (χ3v) is 5.07. The van der Waals surface area contributed by atoms with E-state index in [4.69, 9.17) is 4.74 Å². The van der Waals surface area contributed by atoms with Gasteiger partial charge in [-0.3, -0.25) is 4.79 Å². The van der Waals surface area contributed by atoms with E-state index in [0.29, 0.717) is 18.7 Å². The predicted octanol–water partition coefficient (Wildman–Crippen LogP) is 1.79. The summed E-state index contributed by atoms with van der Waals surface area (Å²) in [6.45, 7) is 9.68. The van der Waals surface area contributed by atoms with Crippen LogP contribution in [0.2, 0.25) is 0 Å². The van der Waals surface area contributed by atoms with Crippen molar-refractivity contribution in [1.82, 2.24) is 10.2 Å². The summed E-state index contributed by atoms with van der Waals surface area (Å²) in [7, 11) is 0. The number of carbonyl (C=O) groups is 1. The monoisotopic (exact) mass is 268 g/mol. The Morgan fingerprint density at radius 3 is 2.63 bits per heavy atom. The zero-order valence-electron chi connectivity index (χ0n) is 12.6. The molecule has 1 heterocycles. The lowest BCUT2D eigenvalue weighted by Gasteiger charge is -2.53. The largest absolute Gasteiger partial charge is 0.378 e. The van der Waals surface area contributed by atoms with E-state index in [1.165, 1.54) is 0 Å². The van der Waals surface area contributed by atoms with Gasteiger partial charge in [0.05, 0.1) is 12.6 Å². The molecule has 0 bridgehead atoms. The number of hydrogen-bond acceptors (Lipinski definition) is 3. The van der Waals surface area contributed by atoms with Gasteiger partial charge in [-0.05, 0) is 32.6 Å². The van der Waals surface area contributed by atoms with Gasteiger partial charge in [-0.25, -0.2) is 0 Å². The Bertz CT molecular complexity index is 315. The summed E-state index contributed by atoms with van der Waals surface area (Å²) in [5.41, 5.74) is 0.182. The zero-order chi connectivity index (χ0) is 13.9. The number of nitrogens with one attached hydrogen (secondary N) is 1. The van der Waals surface area contributed by atoms with E-state index in [0.717, 1.165) is 45.4 Å². The molecule has 3 atom stereocenters. The lowest BCUT2D eigenvalue weighted by molar-refractivity contribution is -0.136. The first-order valence-electron chi connectivity index (χ1n) is 7.74. The SMILES string of the molecule is CCOC1CC(NCC(=O)N2CCCC2)C1(C)CC. The number of rotatable bonds is 6. The molecule has 1 N–H and O–H groups in total. The summed E-state index contributed by atoms with van der Waals surface area (Å²) >= 11 is 0. The highest BCUT2D eigenvalue weighted by atomic mass is 16.5. The molecule has 0 aromatic heterocycles. The topological polar surface area (TPSA) is 41.6 Å². The first kappa shape index (κ1) is 14.8. The third kappa shape index (κ3) is 2.95. The molecule has 1 aliphatic heterocycles. The van der Waals surface area contributed by atoms with Gasteiger partial charge >= 0.3 is 0 Å². The second kappa shape index (κ2) is 6.23. The smallest absolute Gasteiger partial charge is 0.236 e. The summed E-state index contributed by atoms with van der Waals surface area (Å²) in [5, 5.41) is 3.45. The first-order chi connectivity index (χ1) is 9.11. The van der Waals surface area contributed by atoms with Gasteiger partial charge in [0.25, 0.3) is 0 Å². The number of likely N-dealkylation sites (tertiary alicyclic amines) is 1. The van der Waals surface area contributed by atoms with Crippen LogP contribution in [-0.2, 0) is 9.53 Å². The maximum Gasteiger partial charge on any atom is 0.236 e. The molecule has 0 spiro atoms. The van der Waals surface area contributed by atoms with Gasteiger partial charge in [0.2, 0.25) is 5.91 Å². The molecule has 4 heteroatoms. The lowest BCUT2D eigenvalue weighted by Crippen LogP contribution is -2.63. The average molecular weight is 268 g/mol. The number of hydrogen-bond donors (Lipinski definition) is 1. The maximum absolute atomic E-state index is 12.0. The zero-order valence-corrected chi connectivity index (χ0v) is 12.6. The van der Waals surface area contributed by atoms with Gasteiger partial charge in [-0.1, -0.05) is 13.8 Å². The Labute approximate surface area is 116 Å². The van der Waals surface area contributed by atoms with E-state index in [1.807, 2.05) is 11.8 Å².